The third-order valence-corrected chi connectivity index (χ3v) is 4.57. The number of halogens is 1. The molecule has 1 aliphatic carbocycles. The Morgan fingerprint density at radius 1 is 1.24 bits per heavy atom. The second-order valence-corrected chi connectivity index (χ2v) is 5.86. The summed E-state index contributed by atoms with van der Waals surface area (Å²) in [7, 11) is 0. The summed E-state index contributed by atoms with van der Waals surface area (Å²) in [5.41, 5.74) is 2.36. The summed E-state index contributed by atoms with van der Waals surface area (Å²) in [5.74, 6) is 1.53. The molecule has 1 nitrogen and oxygen atoms in total. The summed E-state index contributed by atoms with van der Waals surface area (Å²) in [6, 6.07) is 6.66. The predicted molar refractivity (Wildman–Crippen MR) is 75.8 cm³/mol. The molecule has 0 heterocycles. The van der Waals surface area contributed by atoms with Crippen LogP contribution in [0.25, 0.3) is 0 Å². The molecule has 0 amide bonds. The van der Waals surface area contributed by atoms with Gasteiger partial charge in [-0.2, -0.15) is 0 Å². The smallest absolute Gasteiger partial charge is 0.0640 e. The average molecular weight is 252 g/mol. The summed E-state index contributed by atoms with van der Waals surface area (Å²) in [5, 5.41) is 4.51. The van der Waals surface area contributed by atoms with Crippen molar-refractivity contribution in [1.82, 2.24) is 0 Å². The minimum Gasteiger partial charge on any atom is -0.381 e. The van der Waals surface area contributed by atoms with E-state index >= 15 is 0 Å². The molecule has 1 aromatic rings. The molecule has 0 aliphatic heterocycles. The standard InChI is InChI=1S/C15H22ClN/c1-10-6-5-9-14(12(10)3)17-15-11(2)7-4-8-13(15)16/h4,7-8,10,12,14,17H,5-6,9H2,1-3H3. The average Bonchev–Trinajstić information content (AvgIpc) is 2.29. The van der Waals surface area contributed by atoms with Crippen LogP contribution in [0.3, 0.4) is 0 Å². The molecule has 0 bridgehead atoms. The van der Waals surface area contributed by atoms with Crippen molar-refractivity contribution < 1.29 is 0 Å². The second kappa shape index (κ2) is 5.30. The molecule has 1 saturated carbocycles. The van der Waals surface area contributed by atoms with Gasteiger partial charge >= 0.3 is 0 Å². The van der Waals surface area contributed by atoms with Crippen LogP contribution in [0.5, 0.6) is 0 Å². The SMILES string of the molecule is Cc1cccc(Cl)c1NC1CCCC(C)C1C. The molecule has 3 unspecified atom stereocenters. The van der Waals surface area contributed by atoms with Crippen molar-refractivity contribution in [2.24, 2.45) is 11.8 Å². The molecule has 1 aliphatic rings. The van der Waals surface area contributed by atoms with E-state index in [0.29, 0.717) is 6.04 Å². The minimum absolute atomic E-state index is 0.567. The zero-order valence-corrected chi connectivity index (χ0v) is 11.7. The van der Waals surface area contributed by atoms with Crippen LogP contribution in [0.2, 0.25) is 5.02 Å². The van der Waals surface area contributed by atoms with Gasteiger partial charge in [0.25, 0.3) is 0 Å². The van der Waals surface area contributed by atoms with Gasteiger partial charge in [-0.25, -0.2) is 0 Å². The van der Waals surface area contributed by atoms with Gasteiger partial charge in [0.2, 0.25) is 0 Å². The second-order valence-electron chi connectivity index (χ2n) is 5.45. The highest BCUT2D eigenvalue weighted by Gasteiger charge is 2.27. The van der Waals surface area contributed by atoms with E-state index in [-0.39, 0.29) is 0 Å². The highest BCUT2D eigenvalue weighted by atomic mass is 35.5. The van der Waals surface area contributed by atoms with Crippen LogP contribution in [0.15, 0.2) is 18.2 Å². The number of rotatable bonds is 2. The lowest BCUT2D eigenvalue weighted by atomic mass is 9.78. The Kier molecular flexibility index (Phi) is 3.98. The van der Waals surface area contributed by atoms with Crippen molar-refractivity contribution in [3.63, 3.8) is 0 Å². The highest BCUT2D eigenvalue weighted by Crippen LogP contribution is 2.34. The topological polar surface area (TPSA) is 12.0 Å². The number of para-hydroxylation sites is 1. The maximum absolute atomic E-state index is 6.27. The van der Waals surface area contributed by atoms with E-state index in [1.165, 1.54) is 24.8 Å². The van der Waals surface area contributed by atoms with Gasteiger partial charge in [0.05, 0.1) is 10.7 Å². The van der Waals surface area contributed by atoms with Crippen molar-refractivity contribution in [2.75, 3.05) is 5.32 Å². The molecule has 3 atom stereocenters. The fraction of sp³-hybridized carbons (Fsp3) is 0.600. The van der Waals surface area contributed by atoms with E-state index in [2.05, 4.69) is 32.2 Å². The van der Waals surface area contributed by atoms with Gasteiger partial charge in [0.1, 0.15) is 0 Å². The van der Waals surface area contributed by atoms with Crippen LogP contribution < -0.4 is 5.32 Å². The molecule has 17 heavy (non-hydrogen) atoms. The van der Waals surface area contributed by atoms with Gasteiger partial charge in [-0.3, -0.25) is 0 Å². The van der Waals surface area contributed by atoms with Gasteiger partial charge in [-0.15, -0.1) is 0 Å². The summed E-state index contributed by atoms with van der Waals surface area (Å²) in [6.45, 7) is 6.83. The number of hydrogen-bond donors (Lipinski definition) is 1. The number of nitrogens with one attached hydrogen (secondary N) is 1. The molecule has 0 aromatic heterocycles. The summed E-state index contributed by atoms with van der Waals surface area (Å²) >= 11 is 6.27. The fourth-order valence-corrected chi connectivity index (χ4v) is 3.06. The molecule has 94 valence electrons. The normalized spacial score (nSPS) is 29.1. The Bertz CT molecular complexity index is 368. The van der Waals surface area contributed by atoms with Crippen LogP contribution in [-0.2, 0) is 0 Å². The first-order valence-corrected chi connectivity index (χ1v) is 6.99. The maximum atomic E-state index is 6.27. The lowest BCUT2D eigenvalue weighted by Crippen LogP contribution is -2.35. The first-order valence-electron chi connectivity index (χ1n) is 6.61. The Morgan fingerprint density at radius 3 is 2.71 bits per heavy atom. The van der Waals surface area contributed by atoms with Gasteiger partial charge in [0, 0.05) is 6.04 Å². The molecule has 1 N–H and O–H groups in total. The molecular formula is C15H22ClN. The zero-order valence-electron chi connectivity index (χ0n) is 11.0. The Morgan fingerprint density at radius 2 is 2.00 bits per heavy atom. The first-order chi connectivity index (χ1) is 8.09. The molecule has 2 heteroatoms. The van der Waals surface area contributed by atoms with Gasteiger partial charge in [0.15, 0.2) is 0 Å². The van der Waals surface area contributed by atoms with Crippen molar-refractivity contribution in [3.8, 4) is 0 Å². The largest absolute Gasteiger partial charge is 0.381 e. The number of aryl methyl sites for hydroxylation is 1. The monoisotopic (exact) mass is 251 g/mol. The van der Waals surface area contributed by atoms with E-state index in [9.17, 15) is 0 Å². The maximum Gasteiger partial charge on any atom is 0.0640 e. The number of benzene rings is 1. The quantitative estimate of drug-likeness (QED) is 0.790. The van der Waals surface area contributed by atoms with Crippen molar-refractivity contribution in [2.45, 2.75) is 46.1 Å². The molecule has 0 saturated heterocycles. The van der Waals surface area contributed by atoms with Crippen LogP contribution in [0.4, 0.5) is 5.69 Å². The summed E-state index contributed by atoms with van der Waals surface area (Å²) in [6.07, 6.45) is 3.95. The Hall–Kier alpha value is -0.690. The van der Waals surface area contributed by atoms with Crippen molar-refractivity contribution in [1.29, 1.82) is 0 Å². The third kappa shape index (κ3) is 2.77. The summed E-state index contributed by atoms with van der Waals surface area (Å²) in [4.78, 5) is 0. The Balaban J connectivity index is 2.15. The molecule has 1 fully saturated rings. The fourth-order valence-electron chi connectivity index (χ4n) is 2.79. The van der Waals surface area contributed by atoms with Gasteiger partial charge < -0.3 is 5.32 Å². The molecule has 0 spiro atoms. The van der Waals surface area contributed by atoms with Crippen LogP contribution in [0, 0.1) is 18.8 Å². The van der Waals surface area contributed by atoms with Crippen LogP contribution in [0.1, 0.15) is 38.7 Å². The third-order valence-electron chi connectivity index (χ3n) is 4.26. The lowest BCUT2D eigenvalue weighted by Gasteiger charge is -2.35. The molecule has 0 radical (unpaired) electrons. The van der Waals surface area contributed by atoms with Crippen LogP contribution in [-0.4, -0.2) is 6.04 Å². The van der Waals surface area contributed by atoms with E-state index in [0.717, 1.165) is 22.5 Å². The van der Waals surface area contributed by atoms with Gasteiger partial charge in [-0.05, 0) is 36.8 Å². The number of hydrogen-bond acceptors (Lipinski definition) is 1. The van der Waals surface area contributed by atoms with E-state index in [1.54, 1.807) is 0 Å². The van der Waals surface area contributed by atoms with E-state index in [1.807, 2.05) is 12.1 Å². The van der Waals surface area contributed by atoms with Crippen molar-refractivity contribution in [3.05, 3.63) is 28.8 Å². The Labute approximate surface area is 110 Å². The van der Waals surface area contributed by atoms with E-state index < -0.39 is 0 Å². The minimum atomic E-state index is 0.567. The molecule has 2 rings (SSSR count). The summed E-state index contributed by atoms with van der Waals surface area (Å²) < 4.78 is 0. The zero-order chi connectivity index (χ0) is 12.4. The lowest BCUT2D eigenvalue weighted by molar-refractivity contribution is 0.253. The number of anilines is 1. The van der Waals surface area contributed by atoms with E-state index in [4.69, 9.17) is 11.6 Å². The highest BCUT2D eigenvalue weighted by molar-refractivity contribution is 6.33. The van der Waals surface area contributed by atoms with Gasteiger partial charge in [-0.1, -0.05) is 50.4 Å². The first kappa shape index (κ1) is 12.8. The predicted octanol–water partition coefficient (Wildman–Crippen LogP) is 4.89. The molecule has 1 aromatic carbocycles. The van der Waals surface area contributed by atoms with Crippen LogP contribution >= 0.6 is 11.6 Å². The van der Waals surface area contributed by atoms with Crippen molar-refractivity contribution >= 4 is 17.3 Å². The molecular weight excluding hydrogens is 230 g/mol.